The van der Waals surface area contributed by atoms with Crippen molar-refractivity contribution in [2.75, 3.05) is 12.8 Å². The number of carbonyl (C=O) groups excluding carboxylic acids is 1. The van der Waals surface area contributed by atoms with Crippen molar-refractivity contribution in [1.82, 2.24) is 29.4 Å². The predicted molar refractivity (Wildman–Crippen MR) is 93.8 cm³/mol. The Balaban J connectivity index is 1.79. The Kier molecular flexibility index (Phi) is 3.61. The summed E-state index contributed by atoms with van der Waals surface area (Å²) in [5.74, 6) is -0.0899. The van der Waals surface area contributed by atoms with Gasteiger partial charge in [0.15, 0.2) is 11.5 Å². The molecule has 0 amide bonds. The molecule has 0 atom stereocenters. The number of ether oxygens (including phenoxy) is 1. The molecular weight excluding hydrogens is 334 g/mol. The summed E-state index contributed by atoms with van der Waals surface area (Å²) in [6, 6.07) is 5.32. The smallest absolute Gasteiger partial charge is 0.337 e. The van der Waals surface area contributed by atoms with Gasteiger partial charge in [-0.1, -0.05) is 6.07 Å². The second-order valence-corrected chi connectivity index (χ2v) is 5.69. The van der Waals surface area contributed by atoms with E-state index in [1.54, 1.807) is 33.7 Å². The largest absolute Gasteiger partial charge is 0.465 e. The molecule has 130 valence electrons. The van der Waals surface area contributed by atoms with Crippen molar-refractivity contribution >= 4 is 17.4 Å². The Labute approximate surface area is 148 Å². The highest BCUT2D eigenvalue weighted by Crippen LogP contribution is 2.23. The molecule has 0 fully saturated rings. The van der Waals surface area contributed by atoms with Gasteiger partial charge in [0.1, 0.15) is 6.33 Å². The molecule has 0 aliphatic carbocycles. The third kappa shape index (κ3) is 2.46. The molecule has 4 rings (SSSR count). The first-order valence-corrected chi connectivity index (χ1v) is 7.77. The lowest BCUT2D eigenvalue weighted by Crippen LogP contribution is -2.04. The zero-order valence-electron chi connectivity index (χ0n) is 14.1. The number of carbonyl (C=O) groups is 1. The van der Waals surface area contributed by atoms with Gasteiger partial charge in [-0.05, 0) is 24.6 Å². The first-order chi connectivity index (χ1) is 12.6. The van der Waals surface area contributed by atoms with Crippen LogP contribution in [0, 0.1) is 6.92 Å². The monoisotopic (exact) mass is 349 g/mol. The van der Waals surface area contributed by atoms with E-state index in [0.29, 0.717) is 17.0 Å². The minimum atomic E-state index is -0.396. The van der Waals surface area contributed by atoms with Crippen LogP contribution in [0.3, 0.4) is 0 Å². The van der Waals surface area contributed by atoms with E-state index < -0.39 is 5.97 Å². The maximum absolute atomic E-state index is 11.8. The first-order valence-electron chi connectivity index (χ1n) is 7.77. The highest BCUT2D eigenvalue weighted by atomic mass is 16.5. The van der Waals surface area contributed by atoms with Crippen LogP contribution in [0.4, 0.5) is 5.82 Å². The van der Waals surface area contributed by atoms with Crippen molar-refractivity contribution in [3.63, 3.8) is 0 Å². The molecule has 0 aliphatic rings. The van der Waals surface area contributed by atoms with Gasteiger partial charge >= 0.3 is 5.97 Å². The SMILES string of the molecule is COC(=O)c1ccc(C)c(-n2cc(-c3cnc4c(N)ncnn34)cn2)c1. The zero-order valence-corrected chi connectivity index (χ0v) is 14.1. The lowest BCUT2D eigenvalue weighted by Gasteiger charge is -2.08. The average Bonchev–Trinajstić information content (AvgIpc) is 3.29. The van der Waals surface area contributed by atoms with Gasteiger partial charge in [-0.3, -0.25) is 0 Å². The minimum Gasteiger partial charge on any atom is -0.465 e. The number of benzene rings is 1. The Hall–Kier alpha value is -3.75. The summed E-state index contributed by atoms with van der Waals surface area (Å²) in [5, 5.41) is 8.60. The number of hydrogen-bond donors (Lipinski definition) is 1. The quantitative estimate of drug-likeness (QED) is 0.559. The van der Waals surface area contributed by atoms with Gasteiger partial charge in [0.2, 0.25) is 0 Å². The molecule has 9 heteroatoms. The number of hydrogen-bond acceptors (Lipinski definition) is 7. The molecule has 9 nitrogen and oxygen atoms in total. The maximum atomic E-state index is 11.8. The number of aromatic nitrogens is 6. The molecule has 1 aromatic carbocycles. The van der Waals surface area contributed by atoms with Crippen molar-refractivity contribution in [3.8, 4) is 16.9 Å². The van der Waals surface area contributed by atoms with Crippen LogP contribution in [0.2, 0.25) is 0 Å². The number of imidazole rings is 1. The third-order valence-electron chi connectivity index (χ3n) is 4.09. The molecule has 0 aliphatic heterocycles. The van der Waals surface area contributed by atoms with E-state index in [1.807, 2.05) is 19.2 Å². The fourth-order valence-electron chi connectivity index (χ4n) is 2.72. The van der Waals surface area contributed by atoms with Crippen LogP contribution >= 0.6 is 0 Å². The fourth-order valence-corrected chi connectivity index (χ4v) is 2.72. The maximum Gasteiger partial charge on any atom is 0.337 e. The third-order valence-corrected chi connectivity index (χ3v) is 4.09. The number of aryl methyl sites for hydroxylation is 1. The molecule has 3 heterocycles. The van der Waals surface area contributed by atoms with E-state index in [1.165, 1.54) is 13.4 Å². The highest BCUT2D eigenvalue weighted by Gasteiger charge is 2.14. The molecular formula is C17H15N7O2. The van der Waals surface area contributed by atoms with E-state index >= 15 is 0 Å². The number of rotatable bonds is 3. The lowest BCUT2D eigenvalue weighted by molar-refractivity contribution is 0.0600. The molecule has 3 aromatic heterocycles. The Morgan fingerprint density at radius 1 is 1.19 bits per heavy atom. The molecule has 0 spiro atoms. The molecule has 0 unspecified atom stereocenters. The van der Waals surface area contributed by atoms with Gasteiger partial charge < -0.3 is 10.5 Å². The number of esters is 1. The fraction of sp³-hybridized carbons (Fsp3) is 0.118. The van der Waals surface area contributed by atoms with Crippen LogP contribution in [0.15, 0.2) is 43.1 Å². The number of anilines is 1. The van der Waals surface area contributed by atoms with Gasteiger partial charge in [0.05, 0.1) is 36.4 Å². The summed E-state index contributed by atoms with van der Waals surface area (Å²) in [6.45, 7) is 1.94. The molecule has 4 aromatic rings. The highest BCUT2D eigenvalue weighted by molar-refractivity contribution is 5.90. The van der Waals surface area contributed by atoms with Gasteiger partial charge in [-0.25, -0.2) is 24.0 Å². The van der Waals surface area contributed by atoms with Crippen LogP contribution in [0.25, 0.3) is 22.6 Å². The Morgan fingerprint density at radius 3 is 2.85 bits per heavy atom. The number of nitrogens with two attached hydrogens (primary N) is 1. The minimum absolute atomic E-state index is 0.306. The van der Waals surface area contributed by atoms with Gasteiger partial charge in [0.25, 0.3) is 0 Å². The number of methoxy groups -OCH3 is 1. The molecule has 0 bridgehead atoms. The molecule has 2 N–H and O–H groups in total. The second-order valence-electron chi connectivity index (χ2n) is 5.69. The summed E-state index contributed by atoms with van der Waals surface area (Å²) in [7, 11) is 1.35. The Morgan fingerprint density at radius 2 is 2.04 bits per heavy atom. The van der Waals surface area contributed by atoms with Crippen LogP contribution in [0.5, 0.6) is 0 Å². The summed E-state index contributed by atoms with van der Waals surface area (Å²) < 4.78 is 8.09. The van der Waals surface area contributed by atoms with Crippen molar-refractivity contribution in [1.29, 1.82) is 0 Å². The summed E-state index contributed by atoms with van der Waals surface area (Å²) in [4.78, 5) is 20.0. The van der Waals surface area contributed by atoms with Crippen molar-refractivity contribution in [2.45, 2.75) is 6.92 Å². The topological polar surface area (TPSA) is 113 Å². The lowest BCUT2D eigenvalue weighted by atomic mass is 10.1. The van der Waals surface area contributed by atoms with Crippen molar-refractivity contribution < 1.29 is 9.53 Å². The molecule has 0 radical (unpaired) electrons. The second kappa shape index (κ2) is 5.96. The number of nitrogen functional groups attached to an aromatic ring is 1. The van der Waals surface area contributed by atoms with Crippen LogP contribution in [-0.4, -0.2) is 42.4 Å². The van der Waals surface area contributed by atoms with Gasteiger partial charge in [-0.15, -0.1) is 0 Å². The summed E-state index contributed by atoms with van der Waals surface area (Å²) in [6.07, 6.45) is 6.58. The normalized spacial score (nSPS) is 11.0. The van der Waals surface area contributed by atoms with E-state index in [-0.39, 0.29) is 0 Å². The zero-order chi connectivity index (χ0) is 18.3. The van der Waals surface area contributed by atoms with E-state index in [2.05, 4.69) is 20.2 Å². The number of nitrogens with zero attached hydrogens (tertiary/aromatic N) is 6. The van der Waals surface area contributed by atoms with E-state index in [9.17, 15) is 4.79 Å². The predicted octanol–water partition coefficient (Wildman–Crippen LogP) is 1.65. The molecule has 0 saturated heterocycles. The van der Waals surface area contributed by atoms with E-state index in [0.717, 1.165) is 22.5 Å². The summed E-state index contributed by atoms with van der Waals surface area (Å²) in [5.41, 5.74) is 10.1. The Bertz CT molecular complexity index is 1130. The molecule has 0 saturated carbocycles. The van der Waals surface area contributed by atoms with Crippen molar-refractivity contribution in [3.05, 3.63) is 54.2 Å². The number of fused-ring (bicyclic) bond motifs is 1. The standard InChI is InChI=1S/C17H15N7O2/c1-10-3-4-11(17(25)26-2)5-13(10)23-8-12(6-21-23)14-7-19-16-15(18)20-9-22-24(14)16/h3-9H,1-2H3,(H2,18,20,22). The van der Waals surface area contributed by atoms with E-state index in [4.69, 9.17) is 10.5 Å². The van der Waals surface area contributed by atoms with Crippen molar-refractivity contribution in [2.24, 2.45) is 0 Å². The summed E-state index contributed by atoms with van der Waals surface area (Å²) >= 11 is 0. The van der Waals surface area contributed by atoms with Crippen LogP contribution < -0.4 is 5.73 Å². The van der Waals surface area contributed by atoms with Gasteiger partial charge in [-0.2, -0.15) is 10.2 Å². The van der Waals surface area contributed by atoms with Crippen LogP contribution in [-0.2, 0) is 4.74 Å². The van der Waals surface area contributed by atoms with Crippen LogP contribution in [0.1, 0.15) is 15.9 Å². The average molecular weight is 349 g/mol. The molecule has 26 heavy (non-hydrogen) atoms. The van der Waals surface area contributed by atoms with Gasteiger partial charge in [0, 0.05) is 11.8 Å². The first kappa shape index (κ1) is 15.8.